The maximum absolute atomic E-state index is 12.0. The molecule has 10 nitrogen and oxygen atoms in total. The summed E-state index contributed by atoms with van der Waals surface area (Å²) in [5, 5.41) is 15.8. The molecule has 0 bridgehead atoms. The third-order valence-corrected chi connectivity index (χ3v) is 4.75. The molecule has 11 heteroatoms. The molecule has 0 radical (unpaired) electrons. The first-order chi connectivity index (χ1) is 14.5. The van der Waals surface area contributed by atoms with Crippen LogP contribution in [0.3, 0.4) is 0 Å². The Morgan fingerprint density at radius 1 is 1.40 bits per heavy atom. The van der Waals surface area contributed by atoms with E-state index in [9.17, 15) is 14.9 Å². The number of nitro benzene ring substituents is 1. The van der Waals surface area contributed by atoms with Gasteiger partial charge >= 0.3 is 5.69 Å². The van der Waals surface area contributed by atoms with Gasteiger partial charge in [0.25, 0.3) is 5.91 Å². The quantitative estimate of drug-likeness (QED) is 0.231. The third kappa shape index (κ3) is 5.06. The average molecular weight is 429 g/mol. The lowest BCUT2D eigenvalue weighted by Crippen LogP contribution is -2.19. The molecule has 2 aromatic carbocycles. The zero-order valence-corrected chi connectivity index (χ0v) is 17.1. The first kappa shape index (κ1) is 21.1. The van der Waals surface area contributed by atoms with Crippen LogP contribution in [0.2, 0.25) is 0 Å². The van der Waals surface area contributed by atoms with Gasteiger partial charge in [-0.25, -0.2) is 10.4 Å². The molecule has 3 rings (SSSR count). The fourth-order valence-corrected chi connectivity index (χ4v) is 3.28. The molecule has 0 saturated heterocycles. The van der Waals surface area contributed by atoms with Gasteiger partial charge in [0.05, 0.1) is 41.6 Å². The second kappa shape index (κ2) is 9.74. The first-order valence-corrected chi connectivity index (χ1v) is 9.89. The number of thioether (sulfide) groups is 1. The van der Waals surface area contributed by atoms with Crippen LogP contribution in [0.5, 0.6) is 11.5 Å². The van der Waals surface area contributed by atoms with Gasteiger partial charge in [-0.15, -0.1) is 0 Å². The summed E-state index contributed by atoms with van der Waals surface area (Å²) >= 11 is 1.24. The Labute approximate surface area is 175 Å². The van der Waals surface area contributed by atoms with Crippen LogP contribution in [0.4, 0.5) is 5.69 Å². The number of hydrogen-bond acceptors (Lipinski definition) is 8. The van der Waals surface area contributed by atoms with Crippen molar-refractivity contribution < 1.29 is 19.2 Å². The Balaban J connectivity index is 1.63. The van der Waals surface area contributed by atoms with Crippen LogP contribution in [0.15, 0.2) is 46.7 Å². The van der Waals surface area contributed by atoms with E-state index in [-0.39, 0.29) is 35.5 Å². The van der Waals surface area contributed by atoms with Crippen molar-refractivity contribution in [3.8, 4) is 11.5 Å². The van der Waals surface area contributed by atoms with Crippen LogP contribution in [0, 0.1) is 10.1 Å². The highest BCUT2D eigenvalue weighted by molar-refractivity contribution is 7.99. The first-order valence-electron chi connectivity index (χ1n) is 8.90. The SMILES string of the molecule is CCOc1c(OC)cc(/C=N\NC(=O)CSc2nc3ccccc3[nH]2)cc1[N+](=O)[O-]. The number of amides is 1. The Bertz CT molecular complexity index is 1070. The van der Waals surface area contributed by atoms with Crippen molar-refractivity contribution in [2.45, 2.75) is 12.1 Å². The summed E-state index contributed by atoms with van der Waals surface area (Å²) in [5.74, 6) is 0.0148. The van der Waals surface area contributed by atoms with Gasteiger partial charge in [-0.05, 0) is 25.1 Å². The molecule has 30 heavy (non-hydrogen) atoms. The maximum Gasteiger partial charge on any atom is 0.315 e. The van der Waals surface area contributed by atoms with Crippen molar-refractivity contribution in [1.82, 2.24) is 15.4 Å². The molecule has 1 heterocycles. The van der Waals surface area contributed by atoms with E-state index < -0.39 is 4.92 Å². The molecule has 0 spiro atoms. The fraction of sp³-hybridized carbons (Fsp3) is 0.211. The average Bonchev–Trinajstić information content (AvgIpc) is 3.16. The molecule has 0 fully saturated rings. The van der Waals surface area contributed by atoms with Gasteiger partial charge < -0.3 is 14.5 Å². The highest BCUT2D eigenvalue weighted by atomic mass is 32.2. The summed E-state index contributed by atoms with van der Waals surface area (Å²) in [6, 6.07) is 10.4. The largest absolute Gasteiger partial charge is 0.493 e. The lowest BCUT2D eigenvalue weighted by molar-refractivity contribution is -0.385. The molecular weight excluding hydrogens is 410 g/mol. The number of hydrazone groups is 1. The predicted octanol–water partition coefficient (Wildman–Crippen LogP) is 3.12. The van der Waals surface area contributed by atoms with E-state index in [4.69, 9.17) is 9.47 Å². The minimum absolute atomic E-state index is 0.0495. The number of carbonyl (C=O) groups is 1. The summed E-state index contributed by atoms with van der Waals surface area (Å²) < 4.78 is 10.5. The molecule has 1 aromatic heterocycles. The van der Waals surface area contributed by atoms with E-state index >= 15 is 0 Å². The highest BCUT2D eigenvalue weighted by Crippen LogP contribution is 2.37. The smallest absolute Gasteiger partial charge is 0.315 e. The van der Waals surface area contributed by atoms with Gasteiger partial charge in [0.15, 0.2) is 10.9 Å². The summed E-state index contributed by atoms with van der Waals surface area (Å²) in [4.78, 5) is 30.3. The van der Waals surface area contributed by atoms with Crippen LogP contribution in [0.25, 0.3) is 11.0 Å². The molecule has 0 aliphatic heterocycles. The molecule has 1 amide bonds. The molecular formula is C19H19N5O5S. The number of aromatic amines is 1. The van der Waals surface area contributed by atoms with Crippen LogP contribution in [0.1, 0.15) is 12.5 Å². The summed E-state index contributed by atoms with van der Waals surface area (Å²) in [6.07, 6.45) is 1.30. The number of nitro groups is 1. The standard InChI is InChI=1S/C19H19N5O5S/c1-3-29-18-15(24(26)27)8-12(9-16(18)28-2)10-20-23-17(25)11-30-19-21-13-6-4-5-7-14(13)22-19/h4-10H,3,11H2,1-2H3,(H,21,22)(H,23,25)/b20-10-. The topological polar surface area (TPSA) is 132 Å². The van der Waals surface area contributed by atoms with Gasteiger partial charge in [-0.3, -0.25) is 14.9 Å². The third-order valence-electron chi connectivity index (χ3n) is 3.87. The second-order valence-electron chi connectivity index (χ2n) is 5.90. The minimum atomic E-state index is -0.562. The van der Waals surface area contributed by atoms with E-state index in [1.807, 2.05) is 24.3 Å². The zero-order valence-electron chi connectivity index (χ0n) is 16.2. The summed E-state index contributed by atoms with van der Waals surface area (Å²) in [7, 11) is 1.39. The van der Waals surface area contributed by atoms with E-state index in [0.717, 1.165) is 11.0 Å². The number of carbonyl (C=O) groups excluding carboxylic acids is 1. The lowest BCUT2D eigenvalue weighted by Gasteiger charge is -2.10. The van der Waals surface area contributed by atoms with Gasteiger partial charge in [-0.2, -0.15) is 5.10 Å². The van der Waals surface area contributed by atoms with Crippen LogP contribution < -0.4 is 14.9 Å². The number of nitrogens with one attached hydrogen (secondary N) is 2. The van der Waals surface area contributed by atoms with Gasteiger partial charge in [0.2, 0.25) is 5.75 Å². The second-order valence-corrected chi connectivity index (χ2v) is 6.87. The van der Waals surface area contributed by atoms with Crippen molar-refractivity contribution in [2.24, 2.45) is 5.10 Å². The van der Waals surface area contributed by atoms with Crippen LogP contribution in [-0.2, 0) is 4.79 Å². The Kier molecular flexibility index (Phi) is 6.86. The van der Waals surface area contributed by atoms with E-state index in [0.29, 0.717) is 10.7 Å². The number of imidazole rings is 1. The number of methoxy groups -OCH3 is 1. The van der Waals surface area contributed by atoms with Gasteiger partial charge in [0, 0.05) is 11.6 Å². The van der Waals surface area contributed by atoms with E-state index in [2.05, 4.69) is 20.5 Å². The Morgan fingerprint density at radius 3 is 2.90 bits per heavy atom. The number of nitrogens with zero attached hydrogens (tertiary/aromatic N) is 3. The highest BCUT2D eigenvalue weighted by Gasteiger charge is 2.21. The molecule has 2 N–H and O–H groups in total. The Hall–Kier alpha value is -3.60. The number of ether oxygens (including phenoxy) is 2. The molecule has 0 aliphatic carbocycles. The number of rotatable bonds is 9. The van der Waals surface area contributed by atoms with Crippen molar-refractivity contribution >= 4 is 40.6 Å². The fourth-order valence-electron chi connectivity index (χ4n) is 2.60. The van der Waals surface area contributed by atoms with Crippen molar-refractivity contribution in [3.05, 3.63) is 52.1 Å². The Morgan fingerprint density at radius 2 is 2.20 bits per heavy atom. The van der Waals surface area contributed by atoms with E-state index in [1.54, 1.807) is 6.92 Å². The van der Waals surface area contributed by atoms with Crippen molar-refractivity contribution in [3.63, 3.8) is 0 Å². The molecule has 0 unspecified atom stereocenters. The molecule has 0 aliphatic rings. The van der Waals surface area contributed by atoms with Crippen LogP contribution >= 0.6 is 11.8 Å². The van der Waals surface area contributed by atoms with Crippen molar-refractivity contribution in [1.29, 1.82) is 0 Å². The van der Waals surface area contributed by atoms with Gasteiger partial charge in [0.1, 0.15) is 0 Å². The number of para-hydroxylation sites is 2. The summed E-state index contributed by atoms with van der Waals surface area (Å²) in [6.45, 7) is 1.97. The number of H-pyrrole nitrogens is 1. The minimum Gasteiger partial charge on any atom is -0.493 e. The number of hydrogen-bond donors (Lipinski definition) is 2. The van der Waals surface area contributed by atoms with E-state index in [1.165, 1.54) is 37.2 Å². The summed E-state index contributed by atoms with van der Waals surface area (Å²) in [5.41, 5.74) is 4.24. The monoisotopic (exact) mass is 429 g/mol. The maximum atomic E-state index is 12.0. The van der Waals surface area contributed by atoms with Crippen LogP contribution in [-0.4, -0.2) is 46.5 Å². The number of fused-ring (bicyclic) bond motifs is 1. The van der Waals surface area contributed by atoms with Crippen molar-refractivity contribution in [2.75, 3.05) is 19.5 Å². The molecule has 156 valence electrons. The number of aromatic nitrogens is 2. The molecule has 0 atom stereocenters. The van der Waals surface area contributed by atoms with Gasteiger partial charge in [-0.1, -0.05) is 23.9 Å². The number of benzene rings is 2. The lowest BCUT2D eigenvalue weighted by atomic mass is 10.2. The normalized spacial score (nSPS) is 11.0. The molecule has 0 saturated carbocycles. The predicted molar refractivity (Wildman–Crippen MR) is 113 cm³/mol. The zero-order chi connectivity index (χ0) is 21.5. The molecule has 3 aromatic rings.